The second kappa shape index (κ2) is 6.69. The molecule has 2 aromatic heterocycles. The molecule has 0 bridgehead atoms. The molecular weight excluding hydrogens is 312 g/mol. The molecule has 5 nitrogen and oxygen atoms in total. The molecule has 1 amide bonds. The first-order valence-corrected chi connectivity index (χ1v) is 8.67. The molecule has 0 saturated carbocycles. The predicted octanol–water partition coefficient (Wildman–Crippen LogP) is 2.53. The predicted molar refractivity (Wildman–Crippen MR) is 98.3 cm³/mol. The van der Waals surface area contributed by atoms with Crippen LogP contribution in [-0.2, 0) is 13.6 Å². The largest absolute Gasteiger partial charge is 0.350 e. The van der Waals surface area contributed by atoms with E-state index in [2.05, 4.69) is 52.0 Å². The van der Waals surface area contributed by atoms with Crippen LogP contribution in [0, 0.1) is 0 Å². The van der Waals surface area contributed by atoms with Gasteiger partial charge in [0.1, 0.15) is 0 Å². The van der Waals surface area contributed by atoms with Crippen molar-refractivity contribution in [3.05, 3.63) is 66.1 Å². The molecule has 1 aromatic carbocycles. The molecule has 1 fully saturated rings. The van der Waals surface area contributed by atoms with Gasteiger partial charge in [-0.25, -0.2) is 0 Å². The van der Waals surface area contributed by atoms with Crippen LogP contribution in [0.25, 0.3) is 10.9 Å². The van der Waals surface area contributed by atoms with Crippen molar-refractivity contribution >= 4 is 16.8 Å². The summed E-state index contributed by atoms with van der Waals surface area (Å²) in [5, 5.41) is 1.32. The number of carbonyl (C=O) groups excluding carboxylic acids is 1. The molecule has 1 saturated heterocycles. The third kappa shape index (κ3) is 3.15. The summed E-state index contributed by atoms with van der Waals surface area (Å²) in [5.41, 5.74) is 3.29. The first-order valence-electron chi connectivity index (χ1n) is 8.67. The molecule has 0 radical (unpaired) electrons. The Morgan fingerprint density at radius 3 is 2.64 bits per heavy atom. The number of hydrogen-bond donors (Lipinski definition) is 0. The molecular formula is C20H22N4O. The Morgan fingerprint density at radius 2 is 1.88 bits per heavy atom. The van der Waals surface area contributed by atoms with E-state index in [1.807, 2.05) is 17.0 Å². The Bertz CT molecular complexity index is 879. The number of para-hydroxylation sites is 1. The van der Waals surface area contributed by atoms with Crippen LogP contribution in [0.5, 0.6) is 0 Å². The van der Waals surface area contributed by atoms with Crippen LogP contribution in [0.15, 0.2) is 55.0 Å². The van der Waals surface area contributed by atoms with Crippen molar-refractivity contribution in [2.75, 3.05) is 26.2 Å². The van der Waals surface area contributed by atoms with E-state index in [0.29, 0.717) is 5.56 Å². The number of aryl methyl sites for hydroxylation is 1. The quantitative estimate of drug-likeness (QED) is 0.739. The van der Waals surface area contributed by atoms with Crippen LogP contribution < -0.4 is 0 Å². The van der Waals surface area contributed by atoms with E-state index in [-0.39, 0.29) is 5.91 Å². The maximum atomic E-state index is 12.5. The van der Waals surface area contributed by atoms with Gasteiger partial charge in [0.25, 0.3) is 5.91 Å². The van der Waals surface area contributed by atoms with Crippen molar-refractivity contribution in [3.8, 4) is 0 Å². The average molecular weight is 334 g/mol. The minimum Gasteiger partial charge on any atom is -0.350 e. The van der Waals surface area contributed by atoms with Gasteiger partial charge < -0.3 is 9.47 Å². The average Bonchev–Trinajstić information content (AvgIpc) is 2.98. The molecule has 0 aliphatic carbocycles. The van der Waals surface area contributed by atoms with Gasteiger partial charge in [0, 0.05) is 69.3 Å². The first-order chi connectivity index (χ1) is 12.2. The third-order valence-corrected chi connectivity index (χ3v) is 4.94. The molecule has 0 N–H and O–H groups in total. The third-order valence-electron chi connectivity index (χ3n) is 4.94. The zero-order valence-corrected chi connectivity index (χ0v) is 14.4. The second-order valence-electron chi connectivity index (χ2n) is 6.59. The summed E-state index contributed by atoms with van der Waals surface area (Å²) in [7, 11) is 2.09. The zero-order valence-electron chi connectivity index (χ0n) is 14.4. The first kappa shape index (κ1) is 15.8. The Balaban J connectivity index is 1.41. The van der Waals surface area contributed by atoms with E-state index < -0.39 is 0 Å². The maximum absolute atomic E-state index is 12.5. The van der Waals surface area contributed by atoms with E-state index in [9.17, 15) is 4.79 Å². The zero-order chi connectivity index (χ0) is 17.2. The topological polar surface area (TPSA) is 41.4 Å². The summed E-state index contributed by atoms with van der Waals surface area (Å²) in [6, 6.07) is 12.2. The fourth-order valence-electron chi connectivity index (χ4n) is 3.57. The van der Waals surface area contributed by atoms with E-state index in [1.165, 1.54) is 16.5 Å². The van der Waals surface area contributed by atoms with Gasteiger partial charge in [-0.15, -0.1) is 0 Å². The van der Waals surface area contributed by atoms with Crippen molar-refractivity contribution in [2.24, 2.45) is 7.05 Å². The lowest BCUT2D eigenvalue weighted by Crippen LogP contribution is -2.48. The standard InChI is InChI=1S/C20H22N4O/c1-22-14-17(18-6-2-3-7-19(18)22)15-23-9-11-24(12-10-23)20(25)16-5-4-8-21-13-16/h2-8,13-14H,9-12,15H2,1H3. The summed E-state index contributed by atoms with van der Waals surface area (Å²) in [5.74, 6) is 0.0814. The van der Waals surface area contributed by atoms with Crippen molar-refractivity contribution in [1.29, 1.82) is 0 Å². The summed E-state index contributed by atoms with van der Waals surface area (Å²) in [6.07, 6.45) is 5.56. The molecule has 0 spiro atoms. The highest BCUT2D eigenvalue weighted by atomic mass is 16.2. The number of benzene rings is 1. The molecule has 5 heteroatoms. The fraction of sp³-hybridized carbons (Fsp3) is 0.300. The molecule has 25 heavy (non-hydrogen) atoms. The number of pyridine rings is 1. The Morgan fingerprint density at radius 1 is 1.08 bits per heavy atom. The summed E-state index contributed by atoms with van der Waals surface area (Å²) in [4.78, 5) is 20.9. The number of hydrogen-bond acceptors (Lipinski definition) is 3. The van der Waals surface area contributed by atoms with Crippen LogP contribution in [-0.4, -0.2) is 51.4 Å². The Labute approximate surface area is 147 Å². The van der Waals surface area contributed by atoms with E-state index in [1.54, 1.807) is 12.4 Å². The van der Waals surface area contributed by atoms with Crippen LogP contribution in [0.3, 0.4) is 0 Å². The number of carbonyl (C=O) groups is 1. The molecule has 3 heterocycles. The molecule has 3 aromatic rings. The van der Waals surface area contributed by atoms with Crippen molar-refractivity contribution in [2.45, 2.75) is 6.54 Å². The maximum Gasteiger partial charge on any atom is 0.255 e. The van der Waals surface area contributed by atoms with Crippen LogP contribution in [0.1, 0.15) is 15.9 Å². The van der Waals surface area contributed by atoms with Gasteiger partial charge in [0.2, 0.25) is 0 Å². The summed E-state index contributed by atoms with van der Waals surface area (Å²) in [6.45, 7) is 4.25. The number of aromatic nitrogens is 2. The van der Waals surface area contributed by atoms with Gasteiger partial charge in [0.05, 0.1) is 5.56 Å². The van der Waals surface area contributed by atoms with Gasteiger partial charge in [0.15, 0.2) is 0 Å². The smallest absolute Gasteiger partial charge is 0.255 e. The van der Waals surface area contributed by atoms with E-state index >= 15 is 0 Å². The highest BCUT2D eigenvalue weighted by Crippen LogP contribution is 2.22. The van der Waals surface area contributed by atoms with Crippen molar-refractivity contribution in [1.82, 2.24) is 19.4 Å². The van der Waals surface area contributed by atoms with E-state index in [0.717, 1.165) is 32.7 Å². The van der Waals surface area contributed by atoms with Crippen molar-refractivity contribution in [3.63, 3.8) is 0 Å². The van der Waals surface area contributed by atoms with Gasteiger partial charge in [-0.2, -0.15) is 0 Å². The fourth-order valence-corrected chi connectivity index (χ4v) is 3.57. The second-order valence-corrected chi connectivity index (χ2v) is 6.59. The number of rotatable bonds is 3. The lowest BCUT2D eigenvalue weighted by atomic mass is 10.1. The SMILES string of the molecule is Cn1cc(CN2CCN(C(=O)c3cccnc3)CC2)c2ccccc21. The summed E-state index contributed by atoms with van der Waals surface area (Å²) < 4.78 is 2.19. The lowest BCUT2D eigenvalue weighted by molar-refractivity contribution is 0.0628. The molecule has 4 rings (SSSR count). The summed E-state index contributed by atoms with van der Waals surface area (Å²) >= 11 is 0. The lowest BCUT2D eigenvalue weighted by Gasteiger charge is -2.34. The molecule has 0 atom stereocenters. The Hall–Kier alpha value is -2.66. The van der Waals surface area contributed by atoms with Gasteiger partial charge in [-0.05, 0) is 23.8 Å². The van der Waals surface area contributed by atoms with Gasteiger partial charge in [-0.1, -0.05) is 18.2 Å². The van der Waals surface area contributed by atoms with Gasteiger partial charge in [-0.3, -0.25) is 14.7 Å². The number of amides is 1. The minimum absolute atomic E-state index is 0.0814. The minimum atomic E-state index is 0.0814. The number of piperazine rings is 1. The molecule has 1 aliphatic rings. The highest BCUT2D eigenvalue weighted by molar-refractivity contribution is 5.94. The van der Waals surface area contributed by atoms with Crippen LogP contribution >= 0.6 is 0 Å². The molecule has 0 unspecified atom stereocenters. The van der Waals surface area contributed by atoms with Crippen LogP contribution in [0.4, 0.5) is 0 Å². The number of nitrogens with zero attached hydrogens (tertiary/aromatic N) is 4. The van der Waals surface area contributed by atoms with Crippen LogP contribution in [0.2, 0.25) is 0 Å². The Kier molecular flexibility index (Phi) is 4.24. The molecule has 1 aliphatic heterocycles. The normalized spacial score (nSPS) is 15.6. The monoisotopic (exact) mass is 334 g/mol. The van der Waals surface area contributed by atoms with Crippen molar-refractivity contribution < 1.29 is 4.79 Å². The number of fused-ring (bicyclic) bond motifs is 1. The molecule has 128 valence electrons. The highest BCUT2D eigenvalue weighted by Gasteiger charge is 2.22. The van der Waals surface area contributed by atoms with E-state index in [4.69, 9.17) is 0 Å². The van der Waals surface area contributed by atoms with Gasteiger partial charge >= 0.3 is 0 Å².